The SMILES string of the molecule is Cc1cc(Oc2nc(CNC(C)(C)C)co2)n(C)n1. The number of aryl methyl sites for hydroxylation is 2. The average molecular weight is 264 g/mol. The van der Waals surface area contributed by atoms with E-state index >= 15 is 0 Å². The highest BCUT2D eigenvalue weighted by molar-refractivity contribution is 5.18. The Morgan fingerprint density at radius 1 is 1.42 bits per heavy atom. The van der Waals surface area contributed by atoms with Gasteiger partial charge in [0.05, 0.1) is 11.4 Å². The Balaban J connectivity index is 1.99. The molecule has 0 radical (unpaired) electrons. The molecule has 6 nitrogen and oxygen atoms in total. The van der Waals surface area contributed by atoms with Crippen molar-refractivity contribution in [2.24, 2.45) is 7.05 Å². The molecular weight excluding hydrogens is 244 g/mol. The molecule has 0 unspecified atom stereocenters. The zero-order chi connectivity index (χ0) is 14.0. The van der Waals surface area contributed by atoms with Crippen LogP contribution in [-0.2, 0) is 13.6 Å². The van der Waals surface area contributed by atoms with Gasteiger partial charge in [-0.1, -0.05) is 0 Å². The van der Waals surface area contributed by atoms with Gasteiger partial charge >= 0.3 is 6.08 Å². The Morgan fingerprint density at radius 2 is 2.16 bits per heavy atom. The Labute approximate surface area is 112 Å². The van der Waals surface area contributed by atoms with Crippen molar-refractivity contribution in [1.29, 1.82) is 0 Å². The Kier molecular flexibility index (Phi) is 3.61. The highest BCUT2D eigenvalue weighted by atomic mass is 16.6. The predicted octanol–water partition coefficient (Wildman–Crippen LogP) is 2.40. The standard InChI is InChI=1S/C13H20N4O2/c1-9-6-11(17(5)16-9)19-12-15-10(8-18-12)7-14-13(2,3)4/h6,8,14H,7H2,1-5H3. The second-order valence-electron chi connectivity index (χ2n) is 5.56. The lowest BCUT2D eigenvalue weighted by atomic mass is 10.1. The number of ether oxygens (including phenoxy) is 1. The summed E-state index contributed by atoms with van der Waals surface area (Å²) in [6.07, 6.45) is 1.82. The first kappa shape index (κ1) is 13.6. The van der Waals surface area contributed by atoms with Crippen LogP contribution in [0.5, 0.6) is 12.0 Å². The van der Waals surface area contributed by atoms with Crippen molar-refractivity contribution in [3.05, 3.63) is 23.7 Å². The Hall–Kier alpha value is -1.82. The zero-order valence-electron chi connectivity index (χ0n) is 12.0. The summed E-state index contributed by atoms with van der Waals surface area (Å²) in [6, 6.07) is 1.83. The van der Waals surface area contributed by atoms with Crippen LogP contribution in [0.4, 0.5) is 0 Å². The van der Waals surface area contributed by atoms with Crippen LogP contribution < -0.4 is 10.1 Å². The third-order valence-electron chi connectivity index (χ3n) is 2.48. The van der Waals surface area contributed by atoms with E-state index in [1.165, 1.54) is 0 Å². The van der Waals surface area contributed by atoms with Crippen LogP contribution >= 0.6 is 0 Å². The molecule has 19 heavy (non-hydrogen) atoms. The first-order chi connectivity index (χ1) is 8.83. The van der Waals surface area contributed by atoms with Crippen molar-refractivity contribution in [3.63, 3.8) is 0 Å². The van der Waals surface area contributed by atoms with E-state index in [0.29, 0.717) is 12.4 Å². The van der Waals surface area contributed by atoms with E-state index in [1.54, 1.807) is 10.9 Å². The van der Waals surface area contributed by atoms with Crippen LogP contribution in [0.3, 0.4) is 0 Å². The maximum absolute atomic E-state index is 5.54. The van der Waals surface area contributed by atoms with Crippen molar-refractivity contribution in [2.75, 3.05) is 0 Å². The first-order valence-corrected chi connectivity index (χ1v) is 6.21. The number of hydrogen-bond acceptors (Lipinski definition) is 5. The van der Waals surface area contributed by atoms with Gasteiger partial charge < -0.3 is 14.5 Å². The molecule has 0 aromatic carbocycles. The van der Waals surface area contributed by atoms with Crippen molar-refractivity contribution in [3.8, 4) is 12.0 Å². The maximum Gasteiger partial charge on any atom is 0.400 e. The van der Waals surface area contributed by atoms with Gasteiger partial charge in [0.1, 0.15) is 6.26 Å². The molecule has 6 heteroatoms. The molecule has 0 bridgehead atoms. The van der Waals surface area contributed by atoms with Gasteiger partial charge in [0, 0.05) is 25.2 Å². The fourth-order valence-corrected chi connectivity index (χ4v) is 1.54. The summed E-state index contributed by atoms with van der Waals surface area (Å²) >= 11 is 0. The van der Waals surface area contributed by atoms with Gasteiger partial charge in [-0.05, 0) is 27.7 Å². The molecule has 0 amide bonds. The van der Waals surface area contributed by atoms with Crippen LogP contribution in [0.15, 0.2) is 16.7 Å². The fraction of sp³-hybridized carbons (Fsp3) is 0.538. The smallest absolute Gasteiger partial charge is 0.400 e. The van der Waals surface area contributed by atoms with Gasteiger partial charge in [-0.2, -0.15) is 10.1 Å². The van der Waals surface area contributed by atoms with E-state index < -0.39 is 0 Å². The number of nitrogens with one attached hydrogen (secondary N) is 1. The second-order valence-corrected chi connectivity index (χ2v) is 5.56. The van der Waals surface area contributed by atoms with Gasteiger partial charge in [0.15, 0.2) is 0 Å². The summed E-state index contributed by atoms with van der Waals surface area (Å²) < 4.78 is 12.5. The van der Waals surface area contributed by atoms with Crippen LogP contribution in [0.2, 0.25) is 0 Å². The molecule has 2 rings (SSSR count). The molecule has 1 N–H and O–H groups in total. The average Bonchev–Trinajstić information content (AvgIpc) is 2.83. The number of nitrogens with zero attached hydrogens (tertiary/aromatic N) is 3. The minimum absolute atomic E-state index is 0.0408. The highest BCUT2D eigenvalue weighted by Gasteiger charge is 2.13. The molecule has 2 heterocycles. The monoisotopic (exact) mass is 264 g/mol. The third-order valence-corrected chi connectivity index (χ3v) is 2.48. The molecule has 0 fully saturated rings. The fourth-order valence-electron chi connectivity index (χ4n) is 1.54. The summed E-state index contributed by atoms with van der Waals surface area (Å²) in [5, 5.41) is 7.53. The molecule has 0 aliphatic rings. The van der Waals surface area contributed by atoms with Crippen molar-refractivity contribution in [1.82, 2.24) is 20.1 Å². The molecule has 0 aliphatic heterocycles. The second kappa shape index (κ2) is 5.05. The van der Waals surface area contributed by atoms with E-state index in [2.05, 4.69) is 36.2 Å². The number of rotatable bonds is 4. The highest BCUT2D eigenvalue weighted by Crippen LogP contribution is 2.20. The largest absolute Gasteiger partial charge is 0.417 e. The Bertz CT molecular complexity index is 551. The summed E-state index contributed by atoms with van der Waals surface area (Å²) in [4.78, 5) is 4.27. The van der Waals surface area contributed by atoms with Crippen LogP contribution in [-0.4, -0.2) is 20.3 Å². The van der Waals surface area contributed by atoms with Crippen LogP contribution in [0, 0.1) is 6.92 Å². The summed E-state index contributed by atoms with van der Waals surface area (Å²) in [5.41, 5.74) is 1.74. The quantitative estimate of drug-likeness (QED) is 0.918. The first-order valence-electron chi connectivity index (χ1n) is 6.21. The minimum Gasteiger partial charge on any atom is -0.417 e. The van der Waals surface area contributed by atoms with E-state index in [4.69, 9.17) is 9.15 Å². The topological polar surface area (TPSA) is 65.1 Å². The van der Waals surface area contributed by atoms with Gasteiger partial charge in [-0.3, -0.25) is 0 Å². The molecule has 0 spiro atoms. The maximum atomic E-state index is 5.54. The minimum atomic E-state index is 0.0408. The van der Waals surface area contributed by atoms with E-state index in [9.17, 15) is 0 Å². The molecule has 0 saturated heterocycles. The number of oxazole rings is 1. The van der Waals surface area contributed by atoms with Crippen molar-refractivity contribution < 1.29 is 9.15 Å². The molecule has 0 aliphatic carbocycles. The third kappa shape index (κ3) is 3.82. The molecular formula is C13H20N4O2. The summed E-state index contributed by atoms with van der Waals surface area (Å²) in [5.74, 6) is 0.606. The normalized spacial score (nSPS) is 11.8. The number of hydrogen-bond donors (Lipinski definition) is 1. The Morgan fingerprint density at radius 3 is 2.74 bits per heavy atom. The molecule has 0 saturated carbocycles. The van der Waals surface area contributed by atoms with Crippen LogP contribution in [0.1, 0.15) is 32.2 Å². The van der Waals surface area contributed by atoms with Crippen molar-refractivity contribution >= 4 is 0 Å². The van der Waals surface area contributed by atoms with Gasteiger partial charge in [0.25, 0.3) is 0 Å². The van der Waals surface area contributed by atoms with Crippen LogP contribution in [0.25, 0.3) is 0 Å². The number of aromatic nitrogens is 3. The zero-order valence-corrected chi connectivity index (χ0v) is 12.0. The van der Waals surface area contributed by atoms with E-state index in [-0.39, 0.29) is 11.6 Å². The lowest BCUT2D eigenvalue weighted by molar-refractivity contribution is 0.309. The van der Waals surface area contributed by atoms with Gasteiger partial charge in [-0.15, -0.1) is 0 Å². The lowest BCUT2D eigenvalue weighted by Crippen LogP contribution is -2.35. The molecule has 0 atom stereocenters. The molecule has 2 aromatic rings. The summed E-state index contributed by atoms with van der Waals surface area (Å²) in [7, 11) is 1.81. The summed E-state index contributed by atoms with van der Waals surface area (Å²) in [6.45, 7) is 8.84. The molecule has 104 valence electrons. The van der Waals surface area contributed by atoms with E-state index in [1.807, 2.05) is 20.0 Å². The van der Waals surface area contributed by atoms with Gasteiger partial charge in [0.2, 0.25) is 5.88 Å². The molecule has 2 aromatic heterocycles. The van der Waals surface area contributed by atoms with Gasteiger partial charge in [-0.25, -0.2) is 4.68 Å². The predicted molar refractivity (Wildman–Crippen MR) is 71.1 cm³/mol. The van der Waals surface area contributed by atoms with Crippen molar-refractivity contribution in [2.45, 2.75) is 39.8 Å². The lowest BCUT2D eigenvalue weighted by Gasteiger charge is -2.19. The van der Waals surface area contributed by atoms with E-state index in [0.717, 1.165) is 11.4 Å².